The first-order valence-corrected chi connectivity index (χ1v) is 5.89. The van der Waals surface area contributed by atoms with Gasteiger partial charge >= 0.3 is 0 Å². The van der Waals surface area contributed by atoms with Crippen LogP contribution in [0.4, 0.5) is 0 Å². The number of hydrogen-bond acceptors (Lipinski definition) is 4. The molecule has 0 unspecified atom stereocenters. The molecule has 0 aliphatic rings. The van der Waals surface area contributed by atoms with Gasteiger partial charge in [0.1, 0.15) is 5.75 Å². The Hall–Kier alpha value is -1.10. The Morgan fingerprint density at radius 1 is 1.18 bits per heavy atom. The topological polar surface area (TPSA) is 50.7 Å². The van der Waals surface area contributed by atoms with Crippen LogP contribution in [0.25, 0.3) is 0 Å². The van der Waals surface area contributed by atoms with Crippen LogP contribution in [0.5, 0.6) is 5.75 Å². The molecule has 0 spiro atoms. The minimum absolute atomic E-state index is 0.0965. The second kappa shape index (κ2) is 8.98. The highest BCUT2D eigenvalue weighted by Crippen LogP contribution is 2.10. The summed E-state index contributed by atoms with van der Waals surface area (Å²) in [5, 5.41) is 11.8. The molecule has 17 heavy (non-hydrogen) atoms. The second-order valence-electron chi connectivity index (χ2n) is 3.71. The zero-order valence-electron chi connectivity index (χ0n) is 10.3. The van der Waals surface area contributed by atoms with Gasteiger partial charge in [0.15, 0.2) is 0 Å². The summed E-state index contributed by atoms with van der Waals surface area (Å²) in [5.41, 5.74) is 1.24. The fraction of sp³-hybridized carbons (Fsp3) is 0.538. The zero-order chi connectivity index (χ0) is 12.3. The van der Waals surface area contributed by atoms with E-state index in [0.717, 1.165) is 25.3 Å². The van der Waals surface area contributed by atoms with Gasteiger partial charge in [0, 0.05) is 13.2 Å². The van der Waals surface area contributed by atoms with Crippen molar-refractivity contribution in [2.24, 2.45) is 0 Å². The summed E-state index contributed by atoms with van der Waals surface area (Å²) in [6.45, 7) is 2.98. The van der Waals surface area contributed by atoms with Crippen molar-refractivity contribution in [2.45, 2.75) is 13.0 Å². The Labute approximate surface area is 103 Å². The summed E-state index contributed by atoms with van der Waals surface area (Å²) >= 11 is 0. The van der Waals surface area contributed by atoms with Gasteiger partial charge in [-0.1, -0.05) is 12.1 Å². The number of aliphatic hydroxyl groups excluding tert-OH is 1. The zero-order valence-corrected chi connectivity index (χ0v) is 10.3. The molecule has 0 amide bonds. The van der Waals surface area contributed by atoms with E-state index in [9.17, 15) is 0 Å². The van der Waals surface area contributed by atoms with Gasteiger partial charge in [-0.15, -0.1) is 0 Å². The van der Waals surface area contributed by atoms with Crippen LogP contribution in [0.3, 0.4) is 0 Å². The van der Waals surface area contributed by atoms with Crippen LogP contribution >= 0.6 is 0 Å². The van der Waals surface area contributed by atoms with Gasteiger partial charge in [0.25, 0.3) is 0 Å². The van der Waals surface area contributed by atoms with Crippen LogP contribution in [0.1, 0.15) is 12.0 Å². The van der Waals surface area contributed by atoms with E-state index >= 15 is 0 Å². The number of hydrogen-bond donors (Lipinski definition) is 2. The highest BCUT2D eigenvalue weighted by atomic mass is 16.5. The van der Waals surface area contributed by atoms with Gasteiger partial charge in [0.2, 0.25) is 0 Å². The highest BCUT2D eigenvalue weighted by Gasteiger charge is 1.94. The molecule has 0 fully saturated rings. The third kappa shape index (κ3) is 6.26. The van der Waals surface area contributed by atoms with E-state index in [4.69, 9.17) is 14.6 Å². The molecule has 1 aromatic carbocycles. The van der Waals surface area contributed by atoms with E-state index in [-0.39, 0.29) is 6.61 Å². The van der Waals surface area contributed by atoms with Crippen molar-refractivity contribution >= 4 is 0 Å². The molecular weight excluding hydrogens is 218 g/mol. The van der Waals surface area contributed by atoms with Crippen molar-refractivity contribution in [3.8, 4) is 5.75 Å². The minimum atomic E-state index is 0.0965. The molecule has 0 heterocycles. The predicted molar refractivity (Wildman–Crippen MR) is 67.2 cm³/mol. The highest BCUT2D eigenvalue weighted by molar-refractivity contribution is 5.26. The van der Waals surface area contributed by atoms with Crippen LogP contribution in [0, 0.1) is 0 Å². The standard InChI is InChI=1S/C13H21NO3/c1-16-13-5-3-12(4-6-13)11-14-7-2-9-17-10-8-15/h3-6,14-15H,2,7-11H2,1H3. The van der Waals surface area contributed by atoms with Gasteiger partial charge in [-0.2, -0.15) is 0 Å². The Morgan fingerprint density at radius 2 is 1.94 bits per heavy atom. The molecule has 4 nitrogen and oxygen atoms in total. The molecule has 0 aromatic heterocycles. The molecule has 0 radical (unpaired) electrons. The average Bonchev–Trinajstić information content (AvgIpc) is 2.38. The number of benzene rings is 1. The monoisotopic (exact) mass is 239 g/mol. The maximum atomic E-state index is 8.51. The maximum Gasteiger partial charge on any atom is 0.118 e. The van der Waals surface area contributed by atoms with E-state index in [1.807, 2.05) is 24.3 Å². The minimum Gasteiger partial charge on any atom is -0.497 e. The van der Waals surface area contributed by atoms with E-state index in [1.165, 1.54) is 5.56 Å². The first-order chi connectivity index (χ1) is 8.36. The normalized spacial score (nSPS) is 10.5. The summed E-state index contributed by atoms with van der Waals surface area (Å²) in [5.74, 6) is 0.881. The summed E-state index contributed by atoms with van der Waals surface area (Å²) in [6.07, 6.45) is 0.955. The van der Waals surface area contributed by atoms with E-state index < -0.39 is 0 Å². The SMILES string of the molecule is COc1ccc(CNCCCOCCO)cc1. The summed E-state index contributed by atoms with van der Waals surface area (Å²) in [4.78, 5) is 0. The van der Waals surface area contributed by atoms with Crippen LogP contribution in [0.2, 0.25) is 0 Å². The largest absolute Gasteiger partial charge is 0.497 e. The summed E-state index contributed by atoms with van der Waals surface area (Å²) < 4.78 is 10.3. The smallest absolute Gasteiger partial charge is 0.118 e. The van der Waals surface area contributed by atoms with Crippen LogP contribution in [-0.4, -0.2) is 38.6 Å². The summed E-state index contributed by atoms with van der Waals surface area (Å²) in [7, 11) is 1.67. The first-order valence-electron chi connectivity index (χ1n) is 5.89. The van der Waals surface area contributed by atoms with Crippen molar-refractivity contribution in [1.29, 1.82) is 0 Å². The molecule has 0 saturated heterocycles. The van der Waals surface area contributed by atoms with Crippen LogP contribution in [0.15, 0.2) is 24.3 Å². The van der Waals surface area contributed by atoms with Gasteiger partial charge < -0.3 is 19.9 Å². The lowest BCUT2D eigenvalue weighted by Crippen LogP contribution is -2.16. The maximum absolute atomic E-state index is 8.51. The Balaban J connectivity index is 2.05. The van der Waals surface area contributed by atoms with Crippen LogP contribution < -0.4 is 10.1 Å². The van der Waals surface area contributed by atoms with Gasteiger partial charge in [-0.25, -0.2) is 0 Å². The number of ether oxygens (including phenoxy) is 2. The number of nitrogens with one attached hydrogen (secondary N) is 1. The van der Waals surface area contributed by atoms with Crippen LogP contribution in [-0.2, 0) is 11.3 Å². The lowest BCUT2D eigenvalue weighted by Gasteiger charge is -2.06. The molecule has 2 N–H and O–H groups in total. The van der Waals surface area contributed by atoms with Gasteiger partial charge in [-0.3, -0.25) is 0 Å². The van der Waals surface area contributed by atoms with E-state index in [2.05, 4.69) is 5.32 Å². The molecule has 0 aliphatic carbocycles. The van der Waals surface area contributed by atoms with Gasteiger partial charge in [0.05, 0.1) is 20.3 Å². The van der Waals surface area contributed by atoms with Gasteiger partial charge in [-0.05, 0) is 30.7 Å². The lowest BCUT2D eigenvalue weighted by molar-refractivity contribution is 0.0907. The molecule has 0 saturated carbocycles. The molecule has 96 valence electrons. The molecule has 0 bridgehead atoms. The third-order valence-corrected chi connectivity index (χ3v) is 2.37. The number of methoxy groups -OCH3 is 1. The van der Waals surface area contributed by atoms with E-state index in [1.54, 1.807) is 7.11 Å². The predicted octanol–water partition coefficient (Wildman–Crippen LogP) is 1.18. The van der Waals surface area contributed by atoms with E-state index in [0.29, 0.717) is 13.2 Å². The lowest BCUT2D eigenvalue weighted by atomic mass is 10.2. The Kier molecular flexibility index (Phi) is 7.38. The molecule has 4 heteroatoms. The first kappa shape index (κ1) is 14.0. The Bertz CT molecular complexity index is 287. The summed E-state index contributed by atoms with van der Waals surface area (Å²) in [6, 6.07) is 8.02. The van der Waals surface area contributed by atoms with Crippen molar-refractivity contribution in [2.75, 3.05) is 33.5 Å². The van der Waals surface area contributed by atoms with Crippen molar-refractivity contribution < 1.29 is 14.6 Å². The van der Waals surface area contributed by atoms with Crippen molar-refractivity contribution in [3.63, 3.8) is 0 Å². The molecule has 1 rings (SSSR count). The molecule has 1 aromatic rings. The second-order valence-corrected chi connectivity index (χ2v) is 3.71. The number of rotatable bonds is 9. The number of aliphatic hydroxyl groups is 1. The third-order valence-electron chi connectivity index (χ3n) is 2.37. The molecule has 0 atom stereocenters. The quantitative estimate of drug-likeness (QED) is 0.635. The Morgan fingerprint density at radius 3 is 2.59 bits per heavy atom. The molecular formula is C13H21NO3. The molecule has 0 aliphatic heterocycles. The fourth-order valence-electron chi connectivity index (χ4n) is 1.44. The fourth-order valence-corrected chi connectivity index (χ4v) is 1.44. The average molecular weight is 239 g/mol. The van der Waals surface area contributed by atoms with Crippen molar-refractivity contribution in [1.82, 2.24) is 5.32 Å². The van der Waals surface area contributed by atoms with Crippen molar-refractivity contribution in [3.05, 3.63) is 29.8 Å².